The van der Waals surface area contributed by atoms with Gasteiger partial charge < -0.3 is 4.74 Å². The standard InChI is InChI=1S/C8H13BrClN3O3S/c1-13-8(7(10)4-11-13)17(14,15)12-6(3-9)5-16-2/h4,6,12H,3,5H2,1-2H3. The van der Waals surface area contributed by atoms with Crippen LogP contribution in [0.15, 0.2) is 11.2 Å². The Labute approximate surface area is 113 Å². The Hall–Kier alpha value is -0.150. The molecule has 0 saturated heterocycles. The first-order chi connectivity index (χ1) is 7.92. The van der Waals surface area contributed by atoms with Crippen molar-refractivity contribution in [2.24, 2.45) is 7.05 Å². The number of aryl methyl sites for hydroxylation is 1. The number of nitrogens with zero attached hydrogens (tertiary/aromatic N) is 2. The third-order valence-corrected chi connectivity index (χ3v) is 4.78. The van der Waals surface area contributed by atoms with E-state index in [2.05, 4.69) is 25.8 Å². The second kappa shape index (κ2) is 6.14. The zero-order valence-electron chi connectivity index (χ0n) is 9.35. The van der Waals surface area contributed by atoms with E-state index in [4.69, 9.17) is 16.3 Å². The molecular formula is C8H13BrClN3O3S. The summed E-state index contributed by atoms with van der Waals surface area (Å²) >= 11 is 9.00. The monoisotopic (exact) mass is 345 g/mol. The third-order valence-electron chi connectivity index (χ3n) is 1.97. The van der Waals surface area contributed by atoms with Gasteiger partial charge in [-0.15, -0.1) is 0 Å². The fourth-order valence-electron chi connectivity index (χ4n) is 1.29. The minimum Gasteiger partial charge on any atom is -0.383 e. The molecule has 0 aliphatic rings. The summed E-state index contributed by atoms with van der Waals surface area (Å²) in [5.74, 6) is 0. The summed E-state index contributed by atoms with van der Waals surface area (Å²) in [6.07, 6.45) is 1.29. The van der Waals surface area contributed by atoms with Gasteiger partial charge in [-0.3, -0.25) is 4.68 Å². The largest absolute Gasteiger partial charge is 0.383 e. The molecule has 0 aromatic carbocycles. The summed E-state index contributed by atoms with van der Waals surface area (Å²) < 4.78 is 32.7. The minimum absolute atomic E-state index is 0.0544. The highest BCUT2D eigenvalue weighted by Gasteiger charge is 2.25. The minimum atomic E-state index is -3.70. The lowest BCUT2D eigenvalue weighted by Crippen LogP contribution is -2.40. The molecule has 1 heterocycles. The first-order valence-corrected chi connectivity index (χ1v) is 7.65. The zero-order chi connectivity index (χ0) is 13.1. The Morgan fingerprint density at radius 2 is 2.35 bits per heavy atom. The molecule has 17 heavy (non-hydrogen) atoms. The first kappa shape index (κ1) is 14.9. The number of rotatable bonds is 6. The van der Waals surface area contributed by atoms with Crippen molar-refractivity contribution in [3.05, 3.63) is 11.2 Å². The molecule has 0 saturated carbocycles. The van der Waals surface area contributed by atoms with Crippen LogP contribution >= 0.6 is 27.5 Å². The van der Waals surface area contributed by atoms with Crippen molar-refractivity contribution >= 4 is 37.6 Å². The summed E-state index contributed by atoms with van der Waals surface area (Å²) in [5, 5.41) is 4.26. The molecule has 1 unspecified atom stereocenters. The predicted molar refractivity (Wildman–Crippen MR) is 68.0 cm³/mol. The van der Waals surface area contributed by atoms with Crippen molar-refractivity contribution in [1.82, 2.24) is 14.5 Å². The van der Waals surface area contributed by atoms with Gasteiger partial charge >= 0.3 is 0 Å². The topological polar surface area (TPSA) is 73.2 Å². The summed E-state index contributed by atoms with van der Waals surface area (Å²) in [6, 6.07) is -0.365. The SMILES string of the molecule is COCC(CBr)NS(=O)(=O)c1c(Cl)cnn1C. The molecular weight excluding hydrogens is 334 g/mol. The summed E-state index contributed by atoms with van der Waals surface area (Å²) in [6.45, 7) is 0.264. The molecule has 1 N–H and O–H groups in total. The molecule has 9 heteroatoms. The quantitative estimate of drug-likeness (QED) is 0.772. The van der Waals surface area contributed by atoms with E-state index in [-0.39, 0.29) is 22.7 Å². The Bertz CT molecular complexity index is 457. The van der Waals surface area contributed by atoms with Gasteiger partial charge in [0, 0.05) is 19.5 Å². The van der Waals surface area contributed by atoms with Crippen molar-refractivity contribution in [3.63, 3.8) is 0 Å². The molecule has 0 amide bonds. The molecule has 1 atom stereocenters. The average molecular weight is 347 g/mol. The number of hydrogen-bond acceptors (Lipinski definition) is 4. The lowest BCUT2D eigenvalue weighted by molar-refractivity contribution is 0.181. The van der Waals surface area contributed by atoms with Crippen molar-refractivity contribution in [3.8, 4) is 0 Å². The number of alkyl halides is 1. The second-order valence-electron chi connectivity index (χ2n) is 3.35. The van der Waals surface area contributed by atoms with Gasteiger partial charge in [-0.2, -0.15) is 5.10 Å². The van der Waals surface area contributed by atoms with Crippen LogP contribution in [0.1, 0.15) is 0 Å². The third kappa shape index (κ3) is 3.65. The van der Waals surface area contributed by atoms with Gasteiger partial charge in [-0.25, -0.2) is 13.1 Å². The van der Waals surface area contributed by atoms with E-state index < -0.39 is 10.0 Å². The van der Waals surface area contributed by atoms with Gasteiger partial charge in [0.25, 0.3) is 10.0 Å². The van der Waals surface area contributed by atoms with E-state index in [9.17, 15) is 8.42 Å². The van der Waals surface area contributed by atoms with Crippen molar-refractivity contribution in [2.45, 2.75) is 11.1 Å². The average Bonchev–Trinajstić information content (AvgIpc) is 2.58. The van der Waals surface area contributed by atoms with Crippen LogP contribution in [0.3, 0.4) is 0 Å². The summed E-state index contributed by atoms with van der Waals surface area (Å²) in [4.78, 5) is 0. The molecule has 1 aromatic rings. The van der Waals surface area contributed by atoms with Crippen LogP contribution in [-0.2, 0) is 21.8 Å². The summed E-state index contributed by atoms with van der Waals surface area (Å²) in [7, 11) is -0.688. The van der Waals surface area contributed by atoms with Gasteiger partial charge in [0.1, 0.15) is 0 Å². The molecule has 1 aromatic heterocycles. The van der Waals surface area contributed by atoms with Gasteiger partial charge in [0.2, 0.25) is 0 Å². The van der Waals surface area contributed by atoms with Crippen LogP contribution in [0.5, 0.6) is 0 Å². The van der Waals surface area contributed by atoms with E-state index in [1.54, 1.807) is 0 Å². The highest BCUT2D eigenvalue weighted by atomic mass is 79.9. The number of ether oxygens (including phenoxy) is 1. The zero-order valence-corrected chi connectivity index (χ0v) is 12.5. The van der Waals surface area contributed by atoms with Gasteiger partial charge in [0.15, 0.2) is 5.03 Å². The summed E-state index contributed by atoms with van der Waals surface area (Å²) in [5.41, 5.74) is 0. The molecule has 6 nitrogen and oxygen atoms in total. The number of halogens is 2. The number of hydrogen-bond donors (Lipinski definition) is 1. The molecule has 0 radical (unpaired) electrons. The molecule has 0 spiro atoms. The van der Waals surface area contributed by atoms with Crippen molar-refractivity contribution in [1.29, 1.82) is 0 Å². The maximum absolute atomic E-state index is 12.0. The Kier molecular flexibility index (Phi) is 5.39. The molecule has 98 valence electrons. The second-order valence-corrected chi connectivity index (χ2v) is 6.03. The Morgan fingerprint density at radius 1 is 1.71 bits per heavy atom. The van der Waals surface area contributed by atoms with E-state index in [1.807, 2.05) is 0 Å². The normalized spacial score (nSPS) is 13.9. The fourth-order valence-corrected chi connectivity index (χ4v) is 3.73. The van der Waals surface area contributed by atoms with Crippen LogP contribution in [-0.4, -0.2) is 43.3 Å². The van der Waals surface area contributed by atoms with Crippen molar-refractivity contribution < 1.29 is 13.2 Å². The van der Waals surface area contributed by atoms with Gasteiger partial charge in [-0.05, 0) is 0 Å². The Morgan fingerprint density at radius 3 is 2.76 bits per heavy atom. The number of aromatic nitrogens is 2. The number of methoxy groups -OCH3 is 1. The molecule has 1 rings (SSSR count). The smallest absolute Gasteiger partial charge is 0.259 e. The Balaban J connectivity index is 2.96. The van der Waals surface area contributed by atoms with Gasteiger partial charge in [0.05, 0.1) is 23.9 Å². The molecule has 0 bridgehead atoms. The van der Waals surface area contributed by atoms with E-state index >= 15 is 0 Å². The van der Waals surface area contributed by atoms with Gasteiger partial charge in [-0.1, -0.05) is 27.5 Å². The van der Waals surface area contributed by atoms with Crippen LogP contribution in [0.25, 0.3) is 0 Å². The highest BCUT2D eigenvalue weighted by Crippen LogP contribution is 2.19. The molecule has 0 aliphatic heterocycles. The van der Waals surface area contributed by atoms with Crippen LogP contribution < -0.4 is 4.72 Å². The highest BCUT2D eigenvalue weighted by molar-refractivity contribution is 9.09. The molecule has 0 fully saturated rings. The maximum Gasteiger partial charge on any atom is 0.259 e. The lowest BCUT2D eigenvalue weighted by Gasteiger charge is -2.15. The van der Waals surface area contributed by atoms with E-state index in [0.717, 1.165) is 0 Å². The molecule has 0 aliphatic carbocycles. The lowest BCUT2D eigenvalue weighted by atomic mass is 10.4. The van der Waals surface area contributed by atoms with E-state index in [1.165, 1.54) is 25.0 Å². The van der Waals surface area contributed by atoms with Crippen LogP contribution in [0, 0.1) is 0 Å². The van der Waals surface area contributed by atoms with Crippen LogP contribution in [0.2, 0.25) is 5.02 Å². The van der Waals surface area contributed by atoms with Crippen molar-refractivity contribution in [2.75, 3.05) is 19.0 Å². The first-order valence-electron chi connectivity index (χ1n) is 4.67. The maximum atomic E-state index is 12.0. The van der Waals surface area contributed by atoms with Crippen LogP contribution in [0.4, 0.5) is 0 Å². The number of sulfonamides is 1. The number of nitrogens with one attached hydrogen (secondary N) is 1. The fraction of sp³-hybridized carbons (Fsp3) is 0.625. The predicted octanol–water partition coefficient (Wildman–Crippen LogP) is 0.762. The van der Waals surface area contributed by atoms with E-state index in [0.29, 0.717) is 5.33 Å².